The number of rotatable bonds is 3. The van der Waals surface area contributed by atoms with Crippen LogP contribution in [0.25, 0.3) is 10.9 Å². The molecule has 0 unspecified atom stereocenters. The molecule has 0 radical (unpaired) electrons. The minimum Gasteiger partial charge on any atom is -0.346 e. The number of nitrogens with zero attached hydrogens (tertiary/aromatic N) is 3. The smallest absolute Gasteiger partial charge is 0.291 e. The molecule has 2 aromatic rings. The van der Waals surface area contributed by atoms with Crippen molar-refractivity contribution in [1.29, 1.82) is 0 Å². The maximum absolute atomic E-state index is 12.1. The van der Waals surface area contributed by atoms with Crippen molar-refractivity contribution < 1.29 is 4.79 Å². The molecule has 5 heteroatoms. The normalized spacial score (nSPS) is 15.4. The summed E-state index contributed by atoms with van der Waals surface area (Å²) in [6.07, 6.45) is 6.78. The minimum atomic E-state index is -0.191. The lowest BCUT2D eigenvalue weighted by molar-refractivity contribution is -0.108. The molecule has 0 atom stereocenters. The molecule has 0 saturated heterocycles. The van der Waals surface area contributed by atoms with E-state index in [4.69, 9.17) is 0 Å². The largest absolute Gasteiger partial charge is 0.346 e. The third kappa shape index (κ3) is 1.50. The zero-order chi connectivity index (χ0) is 12.0. The lowest BCUT2D eigenvalue weighted by Gasteiger charge is -2.01. The Labute approximate surface area is 97.7 Å². The van der Waals surface area contributed by atoms with Crippen molar-refractivity contribution in [3.05, 3.63) is 28.3 Å². The molecule has 0 bridgehead atoms. The summed E-state index contributed by atoms with van der Waals surface area (Å²) in [7, 11) is 1.86. The summed E-state index contributed by atoms with van der Waals surface area (Å²) in [6, 6.07) is 0. The number of aldehydes is 1. The fourth-order valence-electron chi connectivity index (χ4n) is 2.29. The van der Waals surface area contributed by atoms with E-state index in [1.807, 2.05) is 17.8 Å². The molecule has 2 heterocycles. The van der Waals surface area contributed by atoms with Gasteiger partial charge in [0.05, 0.1) is 6.20 Å². The van der Waals surface area contributed by atoms with Crippen LogP contribution in [-0.2, 0) is 18.4 Å². The fourth-order valence-corrected chi connectivity index (χ4v) is 2.29. The van der Waals surface area contributed by atoms with Crippen LogP contribution in [0.4, 0.5) is 0 Å². The Morgan fingerprint density at radius 3 is 2.94 bits per heavy atom. The van der Waals surface area contributed by atoms with Crippen LogP contribution in [0, 0.1) is 0 Å². The number of carbonyl (C=O) groups excluding carboxylic acids is 1. The van der Waals surface area contributed by atoms with E-state index in [9.17, 15) is 9.59 Å². The van der Waals surface area contributed by atoms with Gasteiger partial charge >= 0.3 is 0 Å². The molecule has 1 saturated carbocycles. The topological polar surface area (TPSA) is 56.9 Å². The third-order valence-corrected chi connectivity index (χ3v) is 3.28. The Morgan fingerprint density at radius 2 is 2.29 bits per heavy atom. The summed E-state index contributed by atoms with van der Waals surface area (Å²) in [5.41, 5.74) is 1.66. The van der Waals surface area contributed by atoms with E-state index >= 15 is 0 Å². The van der Waals surface area contributed by atoms with Gasteiger partial charge in [0.2, 0.25) is 0 Å². The molecule has 17 heavy (non-hydrogen) atoms. The van der Waals surface area contributed by atoms with Crippen LogP contribution in [-0.4, -0.2) is 20.6 Å². The first-order valence-corrected chi connectivity index (χ1v) is 5.71. The van der Waals surface area contributed by atoms with Gasteiger partial charge in [-0.05, 0) is 24.3 Å². The van der Waals surface area contributed by atoms with Gasteiger partial charge in [-0.1, -0.05) is 0 Å². The van der Waals surface area contributed by atoms with E-state index in [1.54, 1.807) is 6.20 Å². The Morgan fingerprint density at radius 1 is 1.53 bits per heavy atom. The summed E-state index contributed by atoms with van der Waals surface area (Å²) < 4.78 is 3.04. The van der Waals surface area contributed by atoms with Crippen LogP contribution in [0.2, 0.25) is 0 Å². The highest BCUT2D eigenvalue weighted by molar-refractivity contribution is 5.83. The second-order valence-electron chi connectivity index (χ2n) is 4.53. The molecule has 3 rings (SSSR count). The molecule has 0 aliphatic heterocycles. The van der Waals surface area contributed by atoms with Gasteiger partial charge in [-0.3, -0.25) is 4.79 Å². The second-order valence-corrected chi connectivity index (χ2v) is 4.53. The Bertz CT molecular complexity index is 650. The average molecular weight is 231 g/mol. The monoisotopic (exact) mass is 231 g/mol. The molecular weight excluding hydrogens is 218 g/mol. The van der Waals surface area contributed by atoms with Crippen molar-refractivity contribution in [2.24, 2.45) is 7.05 Å². The van der Waals surface area contributed by atoms with Gasteiger partial charge in [-0.2, -0.15) is 5.10 Å². The van der Waals surface area contributed by atoms with Crippen LogP contribution in [0.15, 0.2) is 17.2 Å². The van der Waals surface area contributed by atoms with Crippen LogP contribution >= 0.6 is 0 Å². The molecule has 0 N–H and O–H groups in total. The average Bonchev–Trinajstić information content (AvgIpc) is 3.08. The summed E-state index contributed by atoms with van der Waals surface area (Å²) >= 11 is 0. The predicted octanol–water partition coefficient (Wildman–Crippen LogP) is 0.811. The molecule has 1 fully saturated rings. The molecule has 5 nitrogen and oxygen atoms in total. The van der Waals surface area contributed by atoms with Crippen molar-refractivity contribution >= 4 is 17.2 Å². The molecule has 1 aliphatic carbocycles. The first-order valence-electron chi connectivity index (χ1n) is 5.71. The van der Waals surface area contributed by atoms with Gasteiger partial charge in [-0.25, -0.2) is 4.68 Å². The molecule has 2 aromatic heterocycles. The highest BCUT2D eigenvalue weighted by Gasteiger charge is 2.27. The number of aromatic nitrogens is 3. The molecule has 88 valence electrons. The van der Waals surface area contributed by atoms with E-state index in [0.29, 0.717) is 17.7 Å². The number of hydrogen-bond donors (Lipinski definition) is 0. The van der Waals surface area contributed by atoms with Crippen molar-refractivity contribution in [3.8, 4) is 0 Å². The van der Waals surface area contributed by atoms with Gasteiger partial charge in [0, 0.05) is 18.6 Å². The van der Waals surface area contributed by atoms with Crippen LogP contribution in [0.1, 0.15) is 24.3 Å². The minimum absolute atomic E-state index is 0.0126. The standard InChI is InChI=1S/C12H13N3O2/c1-14-7-10(8-2-3-8)9-6-13-15(4-5-16)12(17)11(9)14/h5-8H,2-4H2,1H3. The fraction of sp³-hybridized carbons (Fsp3) is 0.417. The van der Waals surface area contributed by atoms with Gasteiger partial charge in [-0.15, -0.1) is 0 Å². The summed E-state index contributed by atoms with van der Waals surface area (Å²) in [5, 5.41) is 4.97. The van der Waals surface area contributed by atoms with Crippen molar-refractivity contribution in [2.75, 3.05) is 0 Å². The van der Waals surface area contributed by atoms with E-state index < -0.39 is 0 Å². The number of carbonyl (C=O) groups is 1. The van der Waals surface area contributed by atoms with E-state index in [2.05, 4.69) is 5.10 Å². The maximum atomic E-state index is 12.1. The van der Waals surface area contributed by atoms with Crippen LogP contribution in [0.3, 0.4) is 0 Å². The Hall–Kier alpha value is -1.91. The molecule has 1 aliphatic rings. The zero-order valence-electron chi connectivity index (χ0n) is 9.59. The number of fused-ring (bicyclic) bond motifs is 1. The van der Waals surface area contributed by atoms with Gasteiger partial charge in [0.1, 0.15) is 18.3 Å². The molecule has 0 spiro atoms. The first kappa shape index (κ1) is 10.3. The summed E-state index contributed by atoms with van der Waals surface area (Å²) in [6.45, 7) is 0.0126. The van der Waals surface area contributed by atoms with Gasteiger partial charge in [0.15, 0.2) is 0 Å². The SMILES string of the molecule is Cn1cc(C2CC2)c2cnn(CC=O)c(=O)c21. The van der Waals surface area contributed by atoms with Crippen molar-refractivity contribution in [3.63, 3.8) is 0 Å². The zero-order valence-corrected chi connectivity index (χ0v) is 9.59. The number of aryl methyl sites for hydroxylation is 1. The molecule has 0 aromatic carbocycles. The van der Waals surface area contributed by atoms with Gasteiger partial charge < -0.3 is 9.36 Å². The van der Waals surface area contributed by atoms with E-state index in [-0.39, 0.29) is 12.1 Å². The third-order valence-electron chi connectivity index (χ3n) is 3.28. The van der Waals surface area contributed by atoms with Crippen LogP contribution in [0.5, 0.6) is 0 Å². The van der Waals surface area contributed by atoms with Crippen molar-refractivity contribution in [2.45, 2.75) is 25.3 Å². The van der Waals surface area contributed by atoms with E-state index in [0.717, 1.165) is 5.39 Å². The Kier molecular flexibility index (Phi) is 2.14. The highest BCUT2D eigenvalue weighted by atomic mass is 16.1. The Balaban J connectivity index is 2.29. The van der Waals surface area contributed by atoms with Crippen LogP contribution < -0.4 is 5.56 Å². The highest BCUT2D eigenvalue weighted by Crippen LogP contribution is 2.42. The summed E-state index contributed by atoms with van der Waals surface area (Å²) in [4.78, 5) is 22.6. The number of hydrogen-bond acceptors (Lipinski definition) is 3. The maximum Gasteiger partial charge on any atom is 0.291 e. The second kappa shape index (κ2) is 3.55. The van der Waals surface area contributed by atoms with E-state index in [1.165, 1.54) is 23.1 Å². The quantitative estimate of drug-likeness (QED) is 0.734. The summed E-state index contributed by atoms with van der Waals surface area (Å²) in [5.74, 6) is 0.585. The molecular formula is C12H13N3O2. The predicted molar refractivity (Wildman–Crippen MR) is 63.0 cm³/mol. The lowest BCUT2D eigenvalue weighted by atomic mass is 10.1. The first-order chi connectivity index (χ1) is 8.22. The lowest BCUT2D eigenvalue weighted by Crippen LogP contribution is -2.24. The van der Waals surface area contributed by atoms with Crippen molar-refractivity contribution in [1.82, 2.24) is 14.3 Å². The molecule has 0 amide bonds. The van der Waals surface area contributed by atoms with Gasteiger partial charge in [0.25, 0.3) is 5.56 Å².